The molecule has 0 aromatic carbocycles. The summed E-state index contributed by atoms with van der Waals surface area (Å²) in [5, 5.41) is 3.04. The van der Waals surface area contributed by atoms with E-state index in [0.717, 1.165) is 0 Å². The molecule has 82 valence electrons. The van der Waals surface area contributed by atoms with Crippen LogP contribution in [0.4, 0.5) is 0 Å². The average molecular weight is 199 g/mol. The van der Waals surface area contributed by atoms with Gasteiger partial charge in [0.15, 0.2) is 0 Å². The molecule has 0 spiro atoms. The maximum Gasteiger partial charge on any atom is 0.223 e. The van der Waals surface area contributed by atoms with Gasteiger partial charge < -0.3 is 10.1 Å². The van der Waals surface area contributed by atoms with Crippen molar-refractivity contribution in [3.63, 3.8) is 0 Å². The van der Waals surface area contributed by atoms with Gasteiger partial charge in [-0.2, -0.15) is 0 Å². The van der Waals surface area contributed by atoms with Gasteiger partial charge in [0.2, 0.25) is 5.91 Å². The number of methoxy groups -OCH3 is 1. The Kier molecular flexibility index (Phi) is 3.20. The second-order valence-electron chi connectivity index (χ2n) is 4.96. The van der Waals surface area contributed by atoms with E-state index in [-0.39, 0.29) is 17.4 Å². The summed E-state index contributed by atoms with van der Waals surface area (Å²) >= 11 is 0. The van der Waals surface area contributed by atoms with Gasteiger partial charge in [-0.15, -0.1) is 0 Å². The van der Waals surface area contributed by atoms with E-state index in [0.29, 0.717) is 18.4 Å². The quantitative estimate of drug-likeness (QED) is 0.746. The third-order valence-corrected chi connectivity index (χ3v) is 3.27. The van der Waals surface area contributed by atoms with Gasteiger partial charge in [-0.1, -0.05) is 13.8 Å². The van der Waals surface area contributed by atoms with Gasteiger partial charge in [0.25, 0.3) is 0 Å². The van der Waals surface area contributed by atoms with Gasteiger partial charge in [-0.25, -0.2) is 0 Å². The summed E-state index contributed by atoms with van der Waals surface area (Å²) in [6.07, 6.45) is 0. The molecule has 1 aliphatic heterocycles. The number of carbonyl (C=O) groups excluding carboxylic acids is 1. The molecule has 3 unspecified atom stereocenters. The number of hydrogen-bond donors (Lipinski definition) is 1. The standard InChI is InChI=1S/C11H21NO2/c1-7(6-14-5)9-8(2)10(13)12-11(9,3)4/h7-9H,6H2,1-5H3,(H,12,13). The van der Waals surface area contributed by atoms with Crippen LogP contribution in [0.3, 0.4) is 0 Å². The molecule has 3 atom stereocenters. The molecule has 1 heterocycles. The molecule has 1 aliphatic rings. The molecule has 0 aromatic heterocycles. The van der Waals surface area contributed by atoms with E-state index in [1.165, 1.54) is 0 Å². The molecule has 0 radical (unpaired) electrons. The largest absolute Gasteiger partial charge is 0.384 e. The number of ether oxygens (including phenoxy) is 1. The molecule has 1 amide bonds. The van der Waals surface area contributed by atoms with Crippen LogP contribution in [0.1, 0.15) is 27.7 Å². The van der Waals surface area contributed by atoms with Crippen molar-refractivity contribution in [1.29, 1.82) is 0 Å². The van der Waals surface area contributed by atoms with Crippen molar-refractivity contribution in [1.82, 2.24) is 5.32 Å². The van der Waals surface area contributed by atoms with Crippen molar-refractivity contribution >= 4 is 5.91 Å². The number of hydrogen-bond acceptors (Lipinski definition) is 2. The fourth-order valence-corrected chi connectivity index (χ4v) is 2.87. The Hall–Kier alpha value is -0.570. The highest BCUT2D eigenvalue weighted by molar-refractivity contribution is 5.82. The Morgan fingerprint density at radius 1 is 1.57 bits per heavy atom. The Labute approximate surface area is 86.2 Å². The fraction of sp³-hybridized carbons (Fsp3) is 0.909. The molecule has 1 rings (SSSR count). The lowest BCUT2D eigenvalue weighted by Gasteiger charge is -2.32. The molecule has 1 saturated heterocycles. The summed E-state index contributed by atoms with van der Waals surface area (Å²) in [6.45, 7) is 9.04. The van der Waals surface area contributed by atoms with Crippen molar-refractivity contribution in [2.24, 2.45) is 17.8 Å². The van der Waals surface area contributed by atoms with Crippen molar-refractivity contribution in [3.05, 3.63) is 0 Å². The summed E-state index contributed by atoms with van der Waals surface area (Å²) in [6, 6.07) is 0. The van der Waals surface area contributed by atoms with Crippen LogP contribution in [-0.4, -0.2) is 25.2 Å². The Bertz CT molecular complexity index is 225. The Morgan fingerprint density at radius 3 is 2.50 bits per heavy atom. The molecule has 0 aromatic rings. The molecule has 0 saturated carbocycles. The molecule has 1 fully saturated rings. The van der Waals surface area contributed by atoms with Crippen LogP contribution in [0.25, 0.3) is 0 Å². The van der Waals surface area contributed by atoms with E-state index in [1.54, 1.807) is 7.11 Å². The fourth-order valence-electron chi connectivity index (χ4n) is 2.87. The smallest absolute Gasteiger partial charge is 0.223 e. The lowest BCUT2D eigenvalue weighted by Crippen LogP contribution is -2.42. The van der Waals surface area contributed by atoms with Crippen LogP contribution in [0.15, 0.2) is 0 Å². The van der Waals surface area contributed by atoms with Gasteiger partial charge in [0.05, 0.1) is 0 Å². The minimum Gasteiger partial charge on any atom is -0.384 e. The average Bonchev–Trinajstić information content (AvgIpc) is 2.21. The minimum absolute atomic E-state index is 0.0927. The lowest BCUT2D eigenvalue weighted by atomic mass is 9.75. The summed E-state index contributed by atoms with van der Waals surface area (Å²) < 4.78 is 5.15. The maximum absolute atomic E-state index is 11.6. The van der Waals surface area contributed by atoms with Gasteiger partial charge in [0.1, 0.15) is 0 Å². The van der Waals surface area contributed by atoms with Crippen LogP contribution >= 0.6 is 0 Å². The molecule has 1 N–H and O–H groups in total. The van der Waals surface area contributed by atoms with Crippen LogP contribution in [-0.2, 0) is 9.53 Å². The summed E-state index contributed by atoms with van der Waals surface area (Å²) in [5.41, 5.74) is -0.103. The Morgan fingerprint density at radius 2 is 2.14 bits per heavy atom. The monoisotopic (exact) mass is 199 g/mol. The molecular weight excluding hydrogens is 178 g/mol. The second kappa shape index (κ2) is 3.89. The molecule has 0 aliphatic carbocycles. The maximum atomic E-state index is 11.6. The highest BCUT2D eigenvalue weighted by atomic mass is 16.5. The predicted octanol–water partition coefficient (Wildman–Crippen LogP) is 1.43. The van der Waals surface area contributed by atoms with Crippen molar-refractivity contribution in [2.45, 2.75) is 33.2 Å². The normalized spacial score (nSPS) is 32.8. The first-order chi connectivity index (χ1) is 6.40. The van der Waals surface area contributed by atoms with Crippen molar-refractivity contribution in [3.8, 4) is 0 Å². The first-order valence-electron chi connectivity index (χ1n) is 5.21. The zero-order valence-electron chi connectivity index (χ0n) is 9.76. The van der Waals surface area contributed by atoms with E-state index in [4.69, 9.17) is 4.74 Å². The zero-order valence-corrected chi connectivity index (χ0v) is 9.76. The van der Waals surface area contributed by atoms with Gasteiger partial charge in [0, 0.05) is 25.2 Å². The highest BCUT2D eigenvalue weighted by Crippen LogP contribution is 2.37. The number of rotatable bonds is 3. The molecule has 0 bridgehead atoms. The number of amides is 1. The number of carbonyl (C=O) groups is 1. The molecule has 3 heteroatoms. The second-order valence-corrected chi connectivity index (χ2v) is 4.96. The third kappa shape index (κ3) is 1.92. The van der Waals surface area contributed by atoms with Crippen molar-refractivity contribution in [2.75, 3.05) is 13.7 Å². The molecule has 3 nitrogen and oxygen atoms in total. The molecular formula is C11H21NO2. The lowest BCUT2D eigenvalue weighted by molar-refractivity contribution is -0.122. The third-order valence-electron chi connectivity index (χ3n) is 3.27. The summed E-state index contributed by atoms with van der Waals surface area (Å²) in [7, 11) is 1.71. The van der Waals surface area contributed by atoms with E-state index >= 15 is 0 Å². The van der Waals surface area contributed by atoms with Gasteiger partial charge in [-0.05, 0) is 25.7 Å². The highest BCUT2D eigenvalue weighted by Gasteiger charge is 2.47. The van der Waals surface area contributed by atoms with E-state index in [9.17, 15) is 4.79 Å². The van der Waals surface area contributed by atoms with Crippen molar-refractivity contribution < 1.29 is 9.53 Å². The first kappa shape index (κ1) is 11.5. The van der Waals surface area contributed by atoms with E-state index in [2.05, 4.69) is 26.1 Å². The summed E-state index contributed by atoms with van der Waals surface area (Å²) in [4.78, 5) is 11.6. The zero-order chi connectivity index (χ0) is 10.9. The van der Waals surface area contributed by atoms with Gasteiger partial charge in [-0.3, -0.25) is 4.79 Å². The van der Waals surface area contributed by atoms with Gasteiger partial charge >= 0.3 is 0 Å². The van der Waals surface area contributed by atoms with Crippen LogP contribution in [0.2, 0.25) is 0 Å². The van der Waals surface area contributed by atoms with E-state index < -0.39 is 0 Å². The number of nitrogens with one attached hydrogen (secondary N) is 1. The molecule has 14 heavy (non-hydrogen) atoms. The van der Waals surface area contributed by atoms with Crippen LogP contribution in [0.5, 0.6) is 0 Å². The minimum atomic E-state index is -0.103. The Balaban J connectivity index is 2.79. The SMILES string of the molecule is COCC(C)C1C(C)C(=O)NC1(C)C. The first-order valence-corrected chi connectivity index (χ1v) is 5.21. The van der Waals surface area contributed by atoms with E-state index in [1.807, 2.05) is 6.92 Å². The predicted molar refractivity (Wildman–Crippen MR) is 55.9 cm³/mol. The van der Waals surface area contributed by atoms with Crippen LogP contribution < -0.4 is 5.32 Å². The topological polar surface area (TPSA) is 38.3 Å². The van der Waals surface area contributed by atoms with Crippen LogP contribution in [0, 0.1) is 17.8 Å². The summed E-state index contributed by atoms with van der Waals surface area (Å²) in [5.74, 6) is 1.03.